The van der Waals surface area contributed by atoms with E-state index in [9.17, 15) is 71.5 Å². The Balaban J connectivity index is 1.43. The van der Waals surface area contributed by atoms with Crippen molar-refractivity contribution in [2.24, 2.45) is 0 Å². The highest BCUT2D eigenvalue weighted by molar-refractivity contribution is 4.97. The van der Waals surface area contributed by atoms with Crippen molar-refractivity contribution in [2.75, 3.05) is 26.4 Å². The summed E-state index contributed by atoms with van der Waals surface area (Å²) in [6.07, 6.45) is -35.3. The minimum Gasteiger partial charge on any atom is -0.394 e. The van der Waals surface area contributed by atoms with Gasteiger partial charge in [-0.05, 0) is 0 Å². The Morgan fingerprint density at radius 2 is 0.644 bits per heavy atom. The van der Waals surface area contributed by atoms with Gasteiger partial charge in [0.25, 0.3) is 0 Å². The molecule has 0 saturated carbocycles. The van der Waals surface area contributed by atoms with Crippen LogP contribution in [-0.4, -0.2) is 221 Å². The highest BCUT2D eigenvalue weighted by atomic mass is 16.8. The van der Waals surface area contributed by atoms with Gasteiger partial charge < -0.3 is 105 Å². The van der Waals surface area contributed by atoms with E-state index in [2.05, 4.69) is 0 Å². The zero-order valence-corrected chi connectivity index (χ0v) is 23.5. The Labute approximate surface area is 254 Å². The van der Waals surface area contributed by atoms with E-state index >= 15 is 0 Å². The molecule has 4 rings (SSSR count). The molecule has 0 bridgehead atoms. The van der Waals surface area contributed by atoms with Crippen molar-refractivity contribution in [3.8, 4) is 0 Å². The fourth-order valence-corrected chi connectivity index (χ4v) is 5.55. The molecule has 20 atom stereocenters. The molecule has 0 radical (unpaired) electrons. The van der Waals surface area contributed by atoms with Gasteiger partial charge in [-0.15, -0.1) is 0 Å². The van der Waals surface area contributed by atoms with Crippen LogP contribution in [0.15, 0.2) is 0 Å². The monoisotopic (exact) mass is 666 g/mol. The first-order chi connectivity index (χ1) is 21.3. The first-order valence-electron chi connectivity index (χ1n) is 14.1. The van der Waals surface area contributed by atoms with E-state index < -0.39 is 149 Å². The van der Waals surface area contributed by atoms with Gasteiger partial charge >= 0.3 is 0 Å². The summed E-state index contributed by atoms with van der Waals surface area (Å²) in [5.41, 5.74) is 0. The average molecular weight is 667 g/mol. The van der Waals surface area contributed by atoms with Crippen molar-refractivity contribution in [2.45, 2.75) is 123 Å². The molecule has 0 unspecified atom stereocenters. The van der Waals surface area contributed by atoms with Crippen LogP contribution in [0.2, 0.25) is 0 Å². The number of ether oxygens (including phenoxy) is 7. The summed E-state index contributed by atoms with van der Waals surface area (Å²) in [7, 11) is 0. The molecule has 4 aliphatic heterocycles. The first-order valence-corrected chi connectivity index (χ1v) is 14.1. The van der Waals surface area contributed by atoms with Crippen molar-refractivity contribution < 1.29 is 105 Å². The van der Waals surface area contributed by atoms with Gasteiger partial charge in [0.1, 0.15) is 97.7 Å². The molecule has 45 heavy (non-hydrogen) atoms. The molecule has 4 heterocycles. The van der Waals surface area contributed by atoms with Crippen LogP contribution in [0, 0.1) is 0 Å². The molecule has 0 aromatic rings. The van der Waals surface area contributed by atoms with Crippen LogP contribution in [0.5, 0.6) is 0 Å². The summed E-state index contributed by atoms with van der Waals surface area (Å²) in [4.78, 5) is 0. The van der Waals surface area contributed by atoms with Crippen molar-refractivity contribution in [1.82, 2.24) is 0 Å². The third-order valence-electron chi connectivity index (χ3n) is 8.20. The third kappa shape index (κ3) is 7.44. The van der Waals surface area contributed by atoms with Crippen molar-refractivity contribution >= 4 is 0 Å². The lowest BCUT2D eigenvalue weighted by atomic mass is 9.95. The summed E-state index contributed by atoms with van der Waals surface area (Å²) in [5.74, 6) is 0. The Kier molecular flexibility index (Phi) is 12.8. The SMILES string of the molecule is OC[C@H]1O[C@@H](O[C@@H]2[C@H](O)[C@@H](O)[C@H](O[C@@H]3[C@H](O)[C@@H](O)[C@H](O[C@@H]4[C@H](O)[C@@H](O)[C@H](O)O[C@@H]4CO)O[C@@H]3CO)O[C@@H]2CO)[C@H](O)[C@@H](O)[C@@H]1O. The molecule has 4 fully saturated rings. The van der Waals surface area contributed by atoms with Crippen molar-refractivity contribution in [1.29, 1.82) is 0 Å². The summed E-state index contributed by atoms with van der Waals surface area (Å²) >= 11 is 0. The normalized spacial score (nSPS) is 52.9. The molecule has 0 amide bonds. The van der Waals surface area contributed by atoms with Gasteiger partial charge in [0.2, 0.25) is 0 Å². The minimum absolute atomic E-state index is 0.784. The minimum atomic E-state index is -2.02. The van der Waals surface area contributed by atoms with Crippen LogP contribution < -0.4 is 0 Å². The summed E-state index contributed by atoms with van der Waals surface area (Å²) in [6, 6.07) is 0. The van der Waals surface area contributed by atoms with E-state index in [-0.39, 0.29) is 0 Å². The zero-order valence-electron chi connectivity index (χ0n) is 23.5. The van der Waals surface area contributed by atoms with Crippen LogP contribution >= 0.6 is 0 Å². The molecule has 0 aromatic carbocycles. The number of hydrogen-bond donors (Lipinski definition) is 14. The number of aliphatic hydroxyl groups excluding tert-OH is 14. The smallest absolute Gasteiger partial charge is 0.187 e. The molecule has 0 aliphatic carbocycles. The Morgan fingerprint density at radius 3 is 1.02 bits per heavy atom. The summed E-state index contributed by atoms with van der Waals surface area (Å²) < 4.78 is 37.7. The Morgan fingerprint density at radius 1 is 0.333 bits per heavy atom. The zero-order chi connectivity index (χ0) is 33.3. The molecule has 14 N–H and O–H groups in total. The Bertz CT molecular complexity index is 910. The van der Waals surface area contributed by atoms with E-state index in [1.165, 1.54) is 0 Å². The van der Waals surface area contributed by atoms with Crippen LogP contribution in [0.4, 0.5) is 0 Å². The molecular formula is C24H42O21. The van der Waals surface area contributed by atoms with E-state index in [0.29, 0.717) is 0 Å². The highest BCUT2D eigenvalue weighted by Crippen LogP contribution is 2.34. The van der Waals surface area contributed by atoms with Gasteiger partial charge in [0.15, 0.2) is 25.2 Å². The highest BCUT2D eigenvalue weighted by Gasteiger charge is 2.55. The quantitative estimate of drug-likeness (QED) is 0.103. The second-order valence-corrected chi connectivity index (χ2v) is 11.1. The van der Waals surface area contributed by atoms with Gasteiger partial charge in [0.05, 0.1) is 26.4 Å². The first kappa shape index (κ1) is 37.0. The van der Waals surface area contributed by atoms with Crippen LogP contribution in [-0.2, 0) is 33.2 Å². The van der Waals surface area contributed by atoms with Crippen LogP contribution in [0.1, 0.15) is 0 Å². The predicted molar refractivity (Wildman–Crippen MR) is 134 cm³/mol. The standard InChI is InChI=1S/C24H42O21/c25-1-5-9(29)10(30)15(35)22(40-5)44-19-7(3-27)42-24(17(37)12(19)32)45-20-8(4-28)41-23(16(36)13(20)33)43-18-6(2-26)39-21(38)14(34)11(18)31/h5-38H,1-4H2/t5-,6-,7-,8-,9-,10+,11-,12-,13-,14-,15-,16-,17-,18+,19+,20+,21-,22+,23+,24+/m1/s1. The van der Waals surface area contributed by atoms with E-state index in [1.54, 1.807) is 0 Å². The van der Waals surface area contributed by atoms with Gasteiger partial charge in [-0.25, -0.2) is 0 Å². The summed E-state index contributed by atoms with van der Waals surface area (Å²) in [6.45, 7) is -3.39. The lowest BCUT2D eigenvalue weighted by Gasteiger charge is -2.49. The molecule has 4 aliphatic rings. The molecule has 0 aromatic heterocycles. The van der Waals surface area contributed by atoms with E-state index in [0.717, 1.165) is 0 Å². The topological polar surface area (TPSA) is 348 Å². The molecular weight excluding hydrogens is 624 g/mol. The number of aliphatic hydroxyl groups is 14. The maximum absolute atomic E-state index is 10.9. The van der Waals surface area contributed by atoms with Gasteiger partial charge in [-0.3, -0.25) is 0 Å². The number of hydrogen-bond acceptors (Lipinski definition) is 21. The van der Waals surface area contributed by atoms with Gasteiger partial charge in [0, 0.05) is 0 Å². The second kappa shape index (κ2) is 15.6. The predicted octanol–water partition coefficient (Wildman–Crippen LogP) is -9.75. The number of rotatable bonds is 10. The fourth-order valence-electron chi connectivity index (χ4n) is 5.55. The molecule has 21 heteroatoms. The largest absolute Gasteiger partial charge is 0.394 e. The van der Waals surface area contributed by atoms with Gasteiger partial charge in [-0.1, -0.05) is 0 Å². The molecule has 0 spiro atoms. The maximum Gasteiger partial charge on any atom is 0.187 e. The lowest BCUT2D eigenvalue weighted by molar-refractivity contribution is -0.387. The average Bonchev–Trinajstić information content (AvgIpc) is 3.03. The fraction of sp³-hybridized carbons (Fsp3) is 1.00. The van der Waals surface area contributed by atoms with Crippen LogP contribution in [0.25, 0.3) is 0 Å². The Hall–Kier alpha value is -0.840. The lowest BCUT2D eigenvalue weighted by Crippen LogP contribution is -2.67. The molecule has 4 saturated heterocycles. The van der Waals surface area contributed by atoms with E-state index in [4.69, 9.17) is 33.2 Å². The molecule has 264 valence electrons. The van der Waals surface area contributed by atoms with Crippen LogP contribution in [0.3, 0.4) is 0 Å². The third-order valence-corrected chi connectivity index (χ3v) is 8.20. The second-order valence-electron chi connectivity index (χ2n) is 11.1. The maximum atomic E-state index is 10.9. The van der Waals surface area contributed by atoms with Crippen molar-refractivity contribution in [3.05, 3.63) is 0 Å². The molecule has 21 nitrogen and oxygen atoms in total. The van der Waals surface area contributed by atoms with E-state index in [1.807, 2.05) is 0 Å². The van der Waals surface area contributed by atoms with Crippen molar-refractivity contribution in [3.63, 3.8) is 0 Å². The van der Waals surface area contributed by atoms with Gasteiger partial charge in [-0.2, -0.15) is 0 Å². The summed E-state index contributed by atoms with van der Waals surface area (Å²) in [5, 5.41) is 142.